The van der Waals surface area contributed by atoms with Gasteiger partial charge >= 0.3 is 0 Å². The van der Waals surface area contributed by atoms with Gasteiger partial charge in [-0.05, 0) is 30.3 Å². The molecule has 0 saturated heterocycles. The van der Waals surface area contributed by atoms with Crippen LogP contribution in [0.3, 0.4) is 0 Å². The Bertz CT molecular complexity index is 700. The molecule has 1 aliphatic heterocycles. The predicted octanol–water partition coefficient (Wildman–Crippen LogP) is 5.46. The van der Waals surface area contributed by atoms with Crippen LogP contribution in [0.1, 0.15) is 28.4 Å². The molecule has 0 aromatic heterocycles. The van der Waals surface area contributed by atoms with E-state index < -0.39 is 0 Å². The lowest BCUT2D eigenvalue weighted by Crippen LogP contribution is -2.20. The Hall–Kier alpha value is -1.03. The van der Waals surface area contributed by atoms with Gasteiger partial charge in [0, 0.05) is 20.1 Å². The minimum absolute atomic E-state index is 0.0507. The number of carbonyl (C=O) groups excluding carboxylic acids is 1. The Balaban J connectivity index is 2.00. The molecule has 0 saturated carbocycles. The highest BCUT2D eigenvalue weighted by atomic mass is 79.9. The highest BCUT2D eigenvalue weighted by Gasteiger charge is 2.29. The summed E-state index contributed by atoms with van der Waals surface area (Å²) in [5.41, 5.74) is 1.38. The Kier molecular flexibility index (Phi) is 3.76. The van der Waals surface area contributed by atoms with Crippen molar-refractivity contribution in [3.63, 3.8) is 0 Å². The van der Waals surface area contributed by atoms with E-state index in [-0.39, 0.29) is 18.3 Å². The maximum Gasteiger partial charge on any atom is 0.170 e. The lowest BCUT2D eigenvalue weighted by molar-refractivity contribution is 0.0850. The monoisotopic (exact) mass is 370 g/mol. The summed E-state index contributed by atoms with van der Waals surface area (Å²) in [6.45, 7) is 0. The van der Waals surface area contributed by atoms with Gasteiger partial charge in [-0.25, -0.2) is 0 Å². The lowest BCUT2D eigenvalue weighted by atomic mass is 9.96. The first kappa shape index (κ1) is 13.9. The first-order chi connectivity index (χ1) is 9.54. The lowest BCUT2D eigenvalue weighted by Gasteiger charge is -2.26. The van der Waals surface area contributed by atoms with Crippen molar-refractivity contribution in [2.45, 2.75) is 12.5 Å². The van der Waals surface area contributed by atoms with Gasteiger partial charge < -0.3 is 4.74 Å². The molecule has 2 aromatic carbocycles. The molecule has 1 atom stereocenters. The number of ether oxygens (including phenoxy) is 1. The Morgan fingerprint density at radius 3 is 2.70 bits per heavy atom. The maximum atomic E-state index is 12.2. The molecule has 20 heavy (non-hydrogen) atoms. The fraction of sp³-hybridized carbons (Fsp3) is 0.133. The van der Waals surface area contributed by atoms with Crippen LogP contribution in [-0.2, 0) is 0 Å². The van der Waals surface area contributed by atoms with E-state index in [2.05, 4.69) is 15.9 Å². The molecule has 3 rings (SSSR count). The number of halogens is 3. The van der Waals surface area contributed by atoms with Crippen LogP contribution in [0.15, 0.2) is 40.9 Å². The fourth-order valence-corrected chi connectivity index (χ4v) is 3.10. The smallest absolute Gasteiger partial charge is 0.170 e. The number of benzene rings is 2. The van der Waals surface area contributed by atoms with Crippen molar-refractivity contribution in [3.05, 3.63) is 62.0 Å². The highest BCUT2D eigenvalue weighted by Crippen LogP contribution is 2.39. The molecule has 0 fully saturated rings. The van der Waals surface area contributed by atoms with Crippen LogP contribution in [0.4, 0.5) is 0 Å². The first-order valence-electron chi connectivity index (χ1n) is 5.99. The quantitative estimate of drug-likeness (QED) is 0.665. The minimum atomic E-state index is -0.380. The van der Waals surface area contributed by atoms with Crippen LogP contribution in [0.2, 0.25) is 10.0 Å². The van der Waals surface area contributed by atoms with Crippen LogP contribution in [-0.4, -0.2) is 5.78 Å². The van der Waals surface area contributed by atoms with E-state index in [1.165, 1.54) is 0 Å². The van der Waals surface area contributed by atoms with E-state index >= 15 is 0 Å². The summed E-state index contributed by atoms with van der Waals surface area (Å²) < 4.78 is 6.78. The van der Waals surface area contributed by atoms with Crippen LogP contribution < -0.4 is 4.74 Å². The third-order valence-electron chi connectivity index (χ3n) is 3.19. The topological polar surface area (TPSA) is 26.3 Å². The van der Waals surface area contributed by atoms with Crippen molar-refractivity contribution in [2.75, 3.05) is 0 Å². The van der Waals surface area contributed by atoms with E-state index in [9.17, 15) is 4.79 Å². The average Bonchev–Trinajstić information content (AvgIpc) is 2.37. The van der Waals surface area contributed by atoms with E-state index in [1.54, 1.807) is 30.3 Å². The molecule has 1 aliphatic rings. The van der Waals surface area contributed by atoms with Crippen molar-refractivity contribution in [3.8, 4) is 5.75 Å². The Morgan fingerprint density at radius 1 is 1.15 bits per heavy atom. The minimum Gasteiger partial charge on any atom is -0.484 e. The summed E-state index contributed by atoms with van der Waals surface area (Å²) in [7, 11) is 0. The summed E-state index contributed by atoms with van der Waals surface area (Å²) in [6, 6.07) is 10.6. The van der Waals surface area contributed by atoms with Crippen LogP contribution in [0.25, 0.3) is 0 Å². The Labute approximate surface area is 134 Å². The van der Waals surface area contributed by atoms with Crippen molar-refractivity contribution < 1.29 is 9.53 Å². The molecule has 0 N–H and O–H groups in total. The number of rotatable bonds is 1. The number of carbonyl (C=O) groups is 1. The molecule has 2 aromatic rings. The molecule has 0 amide bonds. The maximum absolute atomic E-state index is 12.2. The van der Waals surface area contributed by atoms with Crippen molar-refractivity contribution in [2.24, 2.45) is 0 Å². The second kappa shape index (κ2) is 5.40. The number of hydrogen-bond donors (Lipinski definition) is 0. The fourth-order valence-electron chi connectivity index (χ4n) is 2.23. The standard InChI is InChI=1S/C15H9BrCl2O2/c16-8-1-3-11-13(19)7-15(20-14(11)5-8)10-4-2-9(17)6-12(10)18/h1-6,15H,7H2. The second-order valence-electron chi connectivity index (χ2n) is 4.54. The molecule has 1 unspecified atom stereocenters. The van der Waals surface area contributed by atoms with Crippen molar-refractivity contribution in [1.29, 1.82) is 0 Å². The summed E-state index contributed by atoms with van der Waals surface area (Å²) in [5.74, 6) is 0.626. The van der Waals surface area contributed by atoms with Crippen LogP contribution in [0.5, 0.6) is 5.75 Å². The largest absolute Gasteiger partial charge is 0.484 e. The molecule has 0 aliphatic carbocycles. The number of ketones is 1. The van der Waals surface area contributed by atoms with Gasteiger partial charge in [-0.2, -0.15) is 0 Å². The van der Waals surface area contributed by atoms with Crippen molar-refractivity contribution >= 4 is 44.9 Å². The van der Waals surface area contributed by atoms with Gasteiger partial charge in [-0.3, -0.25) is 4.79 Å². The van der Waals surface area contributed by atoms with E-state index in [4.69, 9.17) is 27.9 Å². The molecule has 0 spiro atoms. The van der Waals surface area contributed by atoms with E-state index in [1.807, 2.05) is 6.07 Å². The highest BCUT2D eigenvalue weighted by molar-refractivity contribution is 9.10. The summed E-state index contributed by atoms with van der Waals surface area (Å²) in [4.78, 5) is 12.2. The van der Waals surface area contributed by atoms with E-state index in [0.29, 0.717) is 21.4 Å². The first-order valence-corrected chi connectivity index (χ1v) is 7.54. The van der Waals surface area contributed by atoms with Crippen LogP contribution >= 0.6 is 39.1 Å². The SMILES string of the molecule is O=C1CC(c2ccc(Cl)cc2Cl)Oc2cc(Br)ccc21. The molecule has 102 valence electrons. The second-order valence-corrected chi connectivity index (χ2v) is 6.30. The molecular formula is C15H9BrCl2O2. The predicted molar refractivity (Wildman–Crippen MR) is 82.9 cm³/mol. The van der Waals surface area contributed by atoms with Crippen LogP contribution in [0, 0.1) is 0 Å². The normalized spacial score (nSPS) is 17.6. The zero-order chi connectivity index (χ0) is 14.3. The molecule has 5 heteroatoms. The zero-order valence-electron chi connectivity index (χ0n) is 10.2. The van der Waals surface area contributed by atoms with Gasteiger partial charge in [-0.1, -0.05) is 45.2 Å². The third kappa shape index (κ3) is 2.58. The molecule has 0 bridgehead atoms. The van der Waals surface area contributed by atoms with Gasteiger partial charge in [0.25, 0.3) is 0 Å². The number of fused-ring (bicyclic) bond motifs is 1. The van der Waals surface area contributed by atoms with Gasteiger partial charge in [0.2, 0.25) is 0 Å². The van der Waals surface area contributed by atoms with Gasteiger partial charge in [0.1, 0.15) is 11.9 Å². The van der Waals surface area contributed by atoms with Gasteiger partial charge in [0.15, 0.2) is 5.78 Å². The van der Waals surface area contributed by atoms with Gasteiger partial charge in [0.05, 0.1) is 12.0 Å². The summed E-state index contributed by atoms with van der Waals surface area (Å²) in [6.07, 6.45) is -0.107. The number of Topliss-reactive ketones (excluding diaryl/α,β-unsaturated/α-hetero) is 1. The molecule has 0 radical (unpaired) electrons. The molecule has 2 nitrogen and oxygen atoms in total. The zero-order valence-corrected chi connectivity index (χ0v) is 13.3. The van der Waals surface area contributed by atoms with E-state index in [0.717, 1.165) is 10.0 Å². The summed E-state index contributed by atoms with van der Waals surface area (Å²) in [5, 5.41) is 1.07. The third-order valence-corrected chi connectivity index (χ3v) is 4.25. The molecule has 1 heterocycles. The van der Waals surface area contributed by atoms with Crippen molar-refractivity contribution in [1.82, 2.24) is 0 Å². The van der Waals surface area contributed by atoms with Gasteiger partial charge in [-0.15, -0.1) is 0 Å². The average molecular weight is 372 g/mol. The summed E-state index contributed by atoms with van der Waals surface area (Å²) >= 11 is 15.4. The molecular weight excluding hydrogens is 363 g/mol. The number of hydrogen-bond acceptors (Lipinski definition) is 2. The Morgan fingerprint density at radius 2 is 1.95 bits per heavy atom.